The summed E-state index contributed by atoms with van der Waals surface area (Å²) in [6.07, 6.45) is 0.343. The summed E-state index contributed by atoms with van der Waals surface area (Å²) in [6.45, 7) is 0.138. The van der Waals surface area contributed by atoms with E-state index >= 15 is 0 Å². The highest BCUT2D eigenvalue weighted by Crippen LogP contribution is 1.92. The zero-order chi connectivity index (χ0) is 10.8. The predicted molar refractivity (Wildman–Crippen MR) is 46.1 cm³/mol. The van der Waals surface area contributed by atoms with Gasteiger partial charge in [-0.15, -0.1) is 10.1 Å². The Labute approximate surface area is 81.4 Å². The maximum absolute atomic E-state index is 9.72. The highest BCUT2D eigenvalue weighted by molar-refractivity contribution is 4.49. The van der Waals surface area contributed by atoms with E-state index in [4.69, 9.17) is 14.9 Å². The number of rotatable bonds is 9. The molecule has 0 saturated carbocycles. The van der Waals surface area contributed by atoms with E-state index in [1.54, 1.807) is 0 Å². The van der Waals surface area contributed by atoms with E-state index in [0.717, 1.165) is 0 Å². The van der Waals surface area contributed by atoms with Gasteiger partial charge in [0, 0.05) is 13.2 Å². The largest absolute Gasteiger partial charge is 0.396 e. The van der Waals surface area contributed by atoms with Crippen molar-refractivity contribution in [2.45, 2.75) is 18.9 Å². The molecule has 0 aliphatic carbocycles. The number of aliphatic hydroxyl groups excluding tert-OH is 2. The molecule has 1 atom stereocenters. The van der Waals surface area contributed by atoms with Gasteiger partial charge in [0.2, 0.25) is 0 Å². The van der Waals surface area contributed by atoms with Gasteiger partial charge in [0.05, 0.1) is 6.61 Å². The van der Waals surface area contributed by atoms with Gasteiger partial charge in [-0.25, -0.2) is 0 Å². The van der Waals surface area contributed by atoms with Gasteiger partial charge in [-0.3, -0.25) is 0 Å². The van der Waals surface area contributed by atoms with Gasteiger partial charge in [0.15, 0.2) is 0 Å². The van der Waals surface area contributed by atoms with Crippen LogP contribution in [0.4, 0.5) is 0 Å². The van der Waals surface area contributed by atoms with Crippen LogP contribution in [0, 0.1) is 10.1 Å². The lowest BCUT2D eigenvalue weighted by Gasteiger charge is -2.09. The summed E-state index contributed by atoms with van der Waals surface area (Å²) in [5.74, 6) is 0. The zero-order valence-corrected chi connectivity index (χ0v) is 7.79. The Kier molecular flexibility index (Phi) is 8.10. The van der Waals surface area contributed by atoms with Crippen LogP contribution in [0.2, 0.25) is 0 Å². The van der Waals surface area contributed by atoms with Gasteiger partial charge >= 0.3 is 0 Å². The molecule has 0 radical (unpaired) electrons. The van der Waals surface area contributed by atoms with Crippen LogP contribution < -0.4 is 0 Å². The van der Waals surface area contributed by atoms with Crippen LogP contribution in [0.5, 0.6) is 0 Å². The Bertz CT molecular complexity index is 153. The third kappa shape index (κ3) is 9.17. The predicted octanol–water partition coefficient (Wildman–Crippen LogP) is -0.655. The maximum atomic E-state index is 9.72. The Balaban J connectivity index is 3.18. The second-order valence-electron chi connectivity index (χ2n) is 2.68. The van der Waals surface area contributed by atoms with Gasteiger partial charge < -0.3 is 19.8 Å². The summed E-state index contributed by atoms with van der Waals surface area (Å²) in [6, 6.07) is 0. The molecule has 0 saturated heterocycles. The van der Waals surface area contributed by atoms with Crippen molar-refractivity contribution >= 4 is 0 Å². The second kappa shape index (κ2) is 8.67. The molecule has 0 aliphatic rings. The molecule has 0 heterocycles. The van der Waals surface area contributed by atoms with E-state index in [1.165, 1.54) is 0 Å². The van der Waals surface area contributed by atoms with Gasteiger partial charge in [-0.05, 0) is 12.8 Å². The zero-order valence-electron chi connectivity index (χ0n) is 7.79. The first-order valence-corrected chi connectivity index (χ1v) is 4.30. The fraction of sp³-hybridized carbons (Fsp3) is 1.00. The van der Waals surface area contributed by atoms with E-state index in [0.29, 0.717) is 19.4 Å². The summed E-state index contributed by atoms with van der Waals surface area (Å²) < 4.78 is 4.97. The molecule has 7 heteroatoms. The van der Waals surface area contributed by atoms with E-state index in [1.807, 2.05) is 0 Å². The molecular formula is C7H15NO6. The Morgan fingerprint density at radius 2 is 2.07 bits per heavy atom. The number of hydrogen-bond donors (Lipinski definition) is 2. The summed E-state index contributed by atoms with van der Waals surface area (Å²) >= 11 is 0. The van der Waals surface area contributed by atoms with Gasteiger partial charge in [0.1, 0.15) is 12.7 Å². The van der Waals surface area contributed by atoms with Crippen LogP contribution in [-0.4, -0.2) is 47.8 Å². The van der Waals surface area contributed by atoms with Crippen LogP contribution in [0.15, 0.2) is 0 Å². The van der Waals surface area contributed by atoms with Crippen molar-refractivity contribution in [3.63, 3.8) is 0 Å². The number of unbranched alkanes of at least 4 members (excludes halogenated alkanes) is 1. The first kappa shape index (κ1) is 13.1. The van der Waals surface area contributed by atoms with E-state index in [9.17, 15) is 10.1 Å². The molecule has 0 aromatic carbocycles. The molecule has 7 nitrogen and oxygen atoms in total. The average molecular weight is 209 g/mol. The maximum Gasteiger partial charge on any atom is 0.294 e. The molecule has 0 aliphatic heterocycles. The first-order chi connectivity index (χ1) is 6.66. The lowest BCUT2D eigenvalue weighted by molar-refractivity contribution is -0.759. The lowest BCUT2D eigenvalue weighted by atomic mass is 10.3. The van der Waals surface area contributed by atoms with Crippen molar-refractivity contribution in [3.05, 3.63) is 10.1 Å². The molecule has 0 spiro atoms. The molecule has 0 rings (SSSR count). The highest BCUT2D eigenvalue weighted by atomic mass is 17.0. The molecular weight excluding hydrogens is 194 g/mol. The molecule has 84 valence electrons. The van der Waals surface area contributed by atoms with Crippen molar-refractivity contribution in [2.75, 3.05) is 26.4 Å². The quantitative estimate of drug-likeness (QED) is 0.297. The molecule has 1 unspecified atom stereocenters. The smallest absolute Gasteiger partial charge is 0.294 e. The fourth-order valence-corrected chi connectivity index (χ4v) is 0.730. The third-order valence-corrected chi connectivity index (χ3v) is 1.38. The number of aliphatic hydroxyl groups is 2. The minimum Gasteiger partial charge on any atom is -0.396 e. The van der Waals surface area contributed by atoms with Crippen LogP contribution in [-0.2, 0) is 9.57 Å². The molecule has 0 aromatic heterocycles. The van der Waals surface area contributed by atoms with Gasteiger partial charge in [-0.2, -0.15) is 0 Å². The molecule has 0 aromatic rings. The molecule has 0 fully saturated rings. The molecule has 0 amide bonds. The number of nitrogens with zero attached hydrogens (tertiary/aromatic N) is 1. The fourth-order valence-electron chi connectivity index (χ4n) is 0.730. The van der Waals surface area contributed by atoms with Crippen molar-refractivity contribution in [1.82, 2.24) is 0 Å². The Hall–Kier alpha value is -0.920. The van der Waals surface area contributed by atoms with Crippen LogP contribution >= 0.6 is 0 Å². The normalized spacial score (nSPS) is 12.4. The number of ether oxygens (including phenoxy) is 1. The standard InChI is InChI=1S/C7H15NO6/c9-3-1-2-4-13-5-7(10)6-14-8(11)12/h7,9-10H,1-6H2. The minimum absolute atomic E-state index is 0.000726. The van der Waals surface area contributed by atoms with Gasteiger partial charge in [-0.1, -0.05) is 0 Å². The van der Waals surface area contributed by atoms with Crippen LogP contribution in [0.3, 0.4) is 0 Å². The van der Waals surface area contributed by atoms with Crippen molar-refractivity contribution in [2.24, 2.45) is 0 Å². The van der Waals surface area contributed by atoms with Gasteiger partial charge in [0.25, 0.3) is 5.09 Å². The first-order valence-electron chi connectivity index (χ1n) is 4.30. The monoisotopic (exact) mass is 209 g/mol. The van der Waals surface area contributed by atoms with Crippen LogP contribution in [0.25, 0.3) is 0 Å². The summed E-state index contributed by atoms with van der Waals surface area (Å²) in [4.78, 5) is 13.7. The van der Waals surface area contributed by atoms with Crippen molar-refractivity contribution < 1.29 is 24.9 Å². The minimum atomic E-state index is -0.991. The summed E-state index contributed by atoms with van der Waals surface area (Å²) in [5, 5.41) is 26.2. The van der Waals surface area contributed by atoms with Crippen molar-refractivity contribution in [1.29, 1.82) is 0 Å². The third-order valence-electron chi connectivity index (χ3n) is 1.38. The summed E-state index contributed by atoms with van der Waals surface area (Å²) in [5.41, 5.74) is 0. The van der Waals surface area contributed by atoms with Crippen molar-refractivity contribution in [3.8, 4) is 0 Å². The average Bonchev–Trinajstić information content (AvgIpc) is 2.14. The second-order valence-corrected chi connectivity index (χ2v) is 2.68. The summed E-state index contributed by atoms with van der Waals surface area (Å²) in [7, 11) is 0. The van der Waals surface area contributed by atoms with E-state index in [2.05, 4.69) is 4.84 Å². The molecule has 14 heavy (non-hydrogen) atoms. The topological polar surface area (TPSA) is 102 Å². The van der Waals surface area contributed by atoms with E-state index in [-0.39, 0.29) is 19.8 Å². The SMILES string of the molecule is O=[N+]([O-])OCC(O)COCCCCO. The van der Waals surface area contributed by atoms with Crippen LogP contribution in [0.1, 0.15) is 12.8 Å². The molecule has 0 bridgehead atoms. The Morgan fingerprint density at radius 3 is 2.64 bits per heavy atom. The van der Waals surface area contributed by atoms with E-state index < -0.39 is 11.2 Å². The molecule has 2 N–H and O–H groups in total. The highest BCUT2D eigenvalue weighted by Gasteiger charge is 2.06. The Morgan fingerprint density at radius 1 is 1.36 bits per heavy atom. The number of hydrogen-bond acceptors (Lipinski definition) is 6. The lowest BCUT2D eigenvalue weighted by Crippen LogP contribution is -2.23.